The van der Waals surface area contributed by atoms with Crippen LogP contribution in [0.25, 0.3) is 11.0 Å². The lowest BCUT2D eigenvalue weighted by atomic mass is 10.0. The molecule has 0 aliphatic heterocycles. The van der Waals surface area contributed by atoms with Gasteiger partial charge in [0.25, 0.3) is 0 Å². The van der Waals surface area contributed by atoms with Crippen molar-refractivity contribution in [1.82, 2.24) is 0 Å². The first-order valence-electron chi connectivity index (χ1n) is 4.82. The van der Waals surface area contributed by atoms with Crippen LogP contribution in [-0.2, 0) is 4.74 Å². The van der Waals surface area contributed by atoms with Gasteiger partial charge in [-0.25, -0.2) is 4.79 Å². The van der Waals surface area contributed by atoms with Gasteiger partial charge in [-0.1, -0.05) is 15.9 Å². The molecule has 1 aromatic carbocycles. The van der Waals surface area contributed by atoms with Crippen molar-refractivity contribution in [2.75, 3.05) is 7.11 Å². The Morgan fingerprint density at radius 1 is 1.38 bits per heavy atom. The number of halogens is 1. The number of hydrogen-bond donors (Lipinski definition) is 0. The Kier molecular flexibility index (Phi) is 2.76. The summed E-state index contributed by atoms with van der Waals surface area (Å²) in [6, 6.07) is 3.71. The van der Waals surface area contributed by atoms with Gasteiger partial charge in [0.05, 0.1) is 12.7 Å². The highest BCUT2D eigenvalue weighted by Gasteiger charge is 2.18. The van der Waals surface area contributed by atoms with E-state index in [0.29, 0.717) is 11.1 Å². The lowest BCUT2D eigenvalue weighted by molar-refractivity contribution is 0.0602. The maximum absolute atomic E-state index is 11.7. The monoisotopic (exact) mass is 282 g/mol. The Labute approximate surface area is 102 Å². The van der Waals surface area contributed by atoms with Crippen molar-refractivity contribution in [2.45, 2.75) is 13.8 Å². The van der Waals surface area contributed by atoms with E-state index in [1.807, 2.05) is 26.0 Å². The minimum atomic E-state index is -0.343. The minimum Gasteiger partial charge on any atom is -0.465 e. The third-order valence-corrected chi connectivity index (χ3v) is 3.36. The quantitative estimate of drug-likeness (QED) is 0.751. The van der Waals surface area contributed by atoms with Crippen molar-refractivity contribution < 1.29 is 13.9 Å². The van der Waals surface area contributed by atoms with E-state index in [1.54, 1.807) is 0 Å². The van der Waals surface area contributed by atoms with E-state index in [1.165, 1.54) is 7.11 Å². The Hall–Kier alpha value is -1.29. The zero-order valence-corrected chi connectivity index (χ0v) is 10.8. The van der Waals surface area contributed by atoms with Crippen LogP contribution >= 0.6 is 15.9 Å². The lowest BCUT2D eigenvalue weighted by Crippen LogP contribution is -2.04. The highest BCUT2D eigenvalue weighted by Crippen LogP contribution is 2.31. The number of methoxy groups -OCH3 is 1. The van der Waals surface area contributed by atoms with Crippen LogP contribution in [-0.4, -0.2) is 13.1 Å². The van der Waals surface area contributed by atoms with Gasteiger partial charge in [-0.05, 0) is 31.5 Å². The third-order valence-electron chi connectivity index (χ3n) is 2.53. The van der Waals surface area contributed by atoms with E-state index < -0.39 is 0 Å². The van der Waals surface area contributed by atoms with Gasteiger partial charge >= 0.3 is 5.97 Å². The second-order valence-electron chi connectivity index (χ2n) is 3.62. The molecule has 0 unspecified atom stereocenters. The smallest absolute Gasteiger partial charge is 0.338 e. The van der Waals surface area contributed by atoms with Crippen molar-refractivity contribution >= 4 is 32.9 Å². The normalized spacial score (nSPS) is 10.8. The summed E-state index contributed by atoms with van der Waals surface area (Å²) in [5.41, 5.74) is 2.11. The van der Waals surface area contributed by atoms with E-state index in [-0.39, 0.29) is 5.97 Å². The first-order chi connectivity index (χ1) is 7.54. The number of benzene rings is 1. The summed E-state index contributed by atoms with van der Waals surface area (Å²) in [4.78, 5) is 11.7. The molecule has 0 amide bonds. The molecule has 2 rings (SSSR count). The number of ether oxygens (including phenoxy) is 1. The number of carbonyl (C=O) groups excluding carboxylic acids is 1. The van der Waals surface area contributed by atoms with Gasteiger partial charge in [0.1, 0.15) is 11.3 Å². The van der Waals surface area contributed by atoms with Crippen LogP contribution < -0.4 is 0 Å². The average molecular weight is 283 g/mol. The fourth-order valence-electron chi connectivity index (χ4n) is 1.74. The van der Waals surface area contributed by atoms with Gasteiger partial charge in [0, 0.05) is 9.86 Å². The van der Waals surface area contributed by atoms with Gasteiger partial charge in [-0.3, -0.25) is 0 Å². The molecule has 0 spiro atoms. The molecular formula is C12H11BrO3. The fraction of sp³-hybridized carbons (Fsp3) is 0.250. The molecule has 3 nitrogen and oxygen atoms in total. The van der Waals surface area contributed by atoms with Crippen molar-refractivity contribution in [1.29, 1.82) is 0 Å². The van der Waals surface area contributed by atoms with Crippen LogP contribution in [0.15, 0.2) is 21.0 Å². The molecule has 0 fully saturated rings. The third kappa shape index (κ3) is 1.63. The molecule has 2 aromatic rings. The molecular weight excluding hydrogens is 272 g/mol. The molecule has 1 heterocycles. The average Bonchev–Trinajstić information content (AvgIpc) is 2.59. The SMILES string of the molecule is COC(=O)c1c(C)c(Br)cc2oc(C)cc12. The Bertz CT molecular complexity index is 569. The zero-order valence-electron chi connectivity index (χ0n) is 9.26. The number of aryl methyl sites for hydroxylation is 1. The first-order valence-corrected chi connectivity index (χ1v) is 5.61. The molecule has 0 atom stereocenters. The largest absolute Gasteiger partial charge is 0.465 e. The van der Waals surface area contributed by atoms with E-state index in [4.69, 9.17) is 9.15 Å². The summed E-state index contributed by atoms with van der Waals surface area (Å²) in [5, 5.41) is 0.796. The molecule has 1 aromatic heterocycles. The number of carbonyl (C=O) groups is 1. The Morgan fingerprint density at radius 2 is 2.06 bits per heavy atom. The molecule has 0 aliphatic carbocycles. The maximum Gasteiger partial charge on any atom is 0.338 e. The van der Waals surface area contributed by atoms with Gasteiger partial charge in [-0.15, -0.1) is 0 Å². The summed E-state index contributed by atoms with van der Waals surface area (Å²) in [7, 11) is 1.38. The highest BCUT2D eigenvalue weighted by atomic mass is 79.9. The van der Waals surface area contributed by atoms with Crippen LogP contribution in [0.4, 0.5) is 0 Å². The van der Waals surface area contributed by atoms with Crippen LogP contribution in [0.5, 0.6) is 0 Å². The molecule has 0 saturated heterocycles. The van der Waals surface area contributed by atoms with Crippen molar-refractivity contribution in [3.05, 3.63) is 33.5 Å². The predicted molar refractivity (Wildman–Crippen MR) is 64.7 cm³/mol. The number of fused-ring (bicyclic) bond motifs is 1. The molecule has 16 heavy (non-hydrogen) atoms. The topological polar surface area (TPSA) is 39.4 Å². The van der Waals surface area contributed by atoms with E-state index >= 15 is 0 Å². The van der Waals surface area contributed by atoms with Crippen molar-refractivity contribution in [2.24, 2.45) is 0 Å². The first kappa shape index (κ1) is 11.2. The molecule has 0 bridgehead atoms. The molecule has 0 saturated carbocycles. The highest BCUT2D eigenvalue weighted by molar-refractivity contribution is 9.10. The number of rotatable bonds is 1. The lowest BCUT2D eigenvalue weighted by Gasteiger charge is -2.06. The predicted octanol–water partition coefficient (Wildman–Crippen LogP) is 3.60. The van der Waals surface area contributed by atoms with E-state index in [9.17, 15) is 4.79 Å². The summed E-state index contributed by atoms with van der Waals surface area (Å²) < 4.78 is 11.1. The van der Waals surface area contributed by atoms with Crippen molar-refractivity contribution in [3.63, 3.8) is 0 Å². The number of furan rings is 1. The van der Waals surface area contributed by atoms with Gasteiger partial charge in [0.2, 0.25) is 0 Å². The Balaban J connectivity index is 2.86. The number of esters is 1. The summed E-state index contributed by atoms with van der Waals surface area (Å²) >= 11 is 3.41. The molecule has 84 valence electrons. The maximum atomic E-state index is 11.7. The second kappa shape index (κ2) is 3.94. The number of hydrogen-bond acceptors (Lipinski definition) is 3. The van der Waals surface area contributed by atoms with Crippen LogP contribution in [0.1, 0.15) is 21.7 Å². The summed E-state index contributed by atoms with van der Waals surface area (Å²) in [5.74, 6) is 0.433. The van der Waals surface area contributed by atoms with Crippen molar-refractivity contribution in [3.8, 4) is 0 Å². The zero-order chi connectivity index (χ0) is 11.9. The minimum absolute atomic E-state index is 0.343. The van der Waals surface area contributed by atoms with Gasteiger partial charge < -0.3 is 9.15 Å². The van der Waals surface area contributed by atoms with Crippen LogP contribution in [0.2, 0.25) is 0 Å². The van der Waals surface area contributed by atoms with Gasteiger partial charge in [0.15, 0.2) is 0 Å². The second-order valence-corrected chi connectivity index (χ2v) is 4.47. The van der Waals surface area contributed by atoms with E-state index in [2.05, 4.69) is 15.9 Å². The molecule has 4 heteroatoms. The van der Waals surface area contributed by atoms with E-state index in [0.717, 1.165) is 21.2 Å². The molecule has 0 aliphatic rings. The fourth-order valence-corrected chi connectivity index (χ4v) is 2.15. The van der Waals surface area contributed by atoms with Gasteiger partial charge in [-0.2, -0.15) is 0 Å². The van der Waals surface area contributed by atoms with Crippen LogP contribution in [0, 0.1) is 13.8 Å². The summed E-state index contributed by atoms with van der Waals surface area (Å²) in [6.45, 7) is 3.72. The molecule has 0 radical (unpaired) electrons. The summed E-state index contributed by atoms with van der Waals surface area (Å²) in [6.07, 6.45) is 0. The molecule has 0 N–H and O–H groups in total. The standard InChI is InChI=1S/C12H11BrO3/c1-6-4-8-10(16-6)5-9(13)7(2)11(8)12(14)15-3/h4-5H,1-3H3. The van der Waals surface area contributed by atoms with Crippen LogP contribution in [0.3, 0.4) is 0 Å². The Morgan fingerprint density at radius 3 is 2.69 bits per heavy atom.